The van der Waals surface area contributed by atoms with E-state index >= 15 is 0 Å². The summed E-state index contributed by atoms with van der Waals surface area (Å²) in [5.74, 6) is 1.87. The fraction of sp³-hybridized carbons (Fsp3) is 1.00. The summed E-state index contributed by atoms with van der Waals surface area (Å²) in [7, 11) is 1.69. The Morgan fingerprint density at radius 1 is 1.18 bits per heavy atom. The lowest BCUT2D eigenvalue weighted by Gasteiger charge is -2.46. The molecule has 0 aliphatic heterocycles. The second-order valence-corrected chi connectivity index (χ2v) is 7.74. The summed E-state index contributed by atoms with van der Waals surface area (Å²) >= 11 is 0. The molecule has 0 amide bonds. The molecule has 22 heavy (non-hydrogen) atoms. The van der Waals surface area contributed by atoms with E-state index in [0.717, 1.165) is 12.8 Å². The van der Waals surface area contributed by atoms with Crippen LogP contribution in [0, 0.1) is 29.1 Å². The minimum absolute atomic E-state index is 0.0294. The largest absolute Gasteiger partial charge is 0.396 e. The maximum Gasteiger partial charge on any atom is 0.146 e. The number of fused-ring (bicyclic) bond motifs is 1. The first-order valence-corrected chi connectivity index (χ1v) is 8.89. The fourth-order valence-electron chi connectivity index (χ4n) is 5.35. The lowest BCUT2D eigenvalue weighted by Crippen LogP contribution is -2.43. The van der Waals surface area contributed by atoms with Crippen LogP contribution in [-0.4, -0.2) is 43.4 Å². The average Bonchev–Trinajstić information content (AvgIpc) is 2.87. The number of hydrogen-bond acceptors (Lipinski definition) is 4. The van der Waals surface area contributed by atoms with E-state index in [1.807, 2.05) is 0 Å². The molecule has 0 aromatic carbocycles. The van der Waals surface area contributed by atoms with Crippen molar-refractivity contribution in [3.05, 3.63) is 0 Å². The van der Waals surface area contributed by atoms with E-state index in [-0.39, 0.29) is 19.1 Å². The molecule has 2 saturated carbocycles. The van der Waals surface area contributed by atoms with Crippen LogP contribution in [-0.2, 0) is 9.47 Å². The van der Waals surface area contributed by atoms with Gasteiger partial charge in [-0.1, -0.05) is 20.3 Å². The predicted molar refractivity (Wildman–Crippen MR) is 86.4 cm³/mol. The van der Waals surface area contributed by atoms with Gasteiger partial charge in [0, 0.05) is 26.2 Å². The quantitative estimate of drug-likeness (QED) is 0.676. The van der Waals surface area contributed by atoms with Crippen LogP contribution < -0.4 is 0 Å². The Kier molecular flexibility index (Phi) is 6.69. The number of ether oxygens (including phenoxy) is 2. The van der Waals surface area contributed by atoms with E-state index in [1.54, 1.807) is 7.11 Å². The molecule has 0 bridgehead atoms. The topological polar surface area (TPSA) is 58.9 Å². The molecule has 4 nitrogen and oxygen atoms in total. The van der Waals surface area contributed by atoms with Crippen LogP contribution in [0.2, 0.25) is 0 Å². The molecule has 5 atom stereocenters. The molecule has 0 aromatic heterocycles. The molecule has 130 valence electrons. The van der Waals surface area contributed by atoms with Gasteiger partial charge in [0.15, 0.2) is 0 Å². The minimum Gasteiger partial charge on any atom is -0.396 e. The minimum atomic E-state index is 0.0294. The average molecular weight is 314 g/mol. The van der Waals surface area contributed by atoms with Crippen molar-refractivity contribution >= 4 is 0 Å². The number of methoxy groups -OCH3 is 1. The van der Waals surface area contributed by atoms with Gasteiger partial charge in [-0.3, -0.25) is 0 Å². The van der Waals surface area contributed by atoms with Crippen molar-refractivity contribution in [3.8, 4) is 0 Å². The normalized spacial score (nSPS) is 36.5. The smallest absolute Gasteiger partial charge is 0.146 e. The molecule has 2 rings (SSSR count). The van der Waals surface area contributed by atoms with Crippen molar-refractivity contribution in [3.63, 3.8) is 0 Å². The SMILES string of the molecule is COCO[C@H]1CCC[C@@]2(C)C1CC[C@@H]2[C@H](C)CC(CO)CO. The molecule has 2 aliphatic rings. The summed E-state index contributed by atoms with van der Waals surface area (Å²) in [5.41, 5.74) is 0.339. The van der Waals surface area contributed by atoms with Crippen molar-refractivity contribution in [2.45, 2.75) is 58.5 Å². The van der Waals surface area contributed by atoms with Crippen LogP contribution in [0.25, 0.3) is 0 Å². The zero-order valence-corrected chi connectivity index (χ0v) is 14.5. The zero-order chi connectivity index (χ0) is 16.2. The maximum absolute atomic E-state index is 9.36. The first-order chi connectivity index (χ1) is 10.6. The number of rotatable bonds is 8. The Hall–Kier alpha value is -0.160. The second kappa shape index (κ2) is 8.09. The van der Waals surface area contributed by atoms with Gasteiger partial charge in [0.05, 0.1) is 6.10 Å². The highest BCUT2D eigenvalue weighted by atomic mass is 16.7. The number of hydrogen-bond donors (Lipinski definition) is 2. The van der Waals surface area contributed by atoms with E-state index in [9.17, 15) is 10.2 Å². The third-order valence-corrected chi connectivity index (χ3v) is 6.44. The highest BCUT2D eigenvalue weighted by Crippen LogP contribution is 2.58. The van der Waals surface area contributed by atoms with Crippen LogP contribution in [0.3, 0.4) is 0 Å². The van der Waals surface area contributed by atoms with Crippen molar-refractivity contribution in [2.75, 3.05) is 27.1 Å². The standard InChI is InChI=1S/C18H34O4/c1-13(9-14(10-19)11-20)15-6-7-16-17(22-12-21-3)5-4-8-18(15,16)2/h13-17,19-20H,4-12H2,1-3H3/t13-,15-,16?,17+,18-/m1/s1. The summed E-state index contributed by atoms with van der Waals surface area (Å²) in [4.78, 5) is 0. The van der Waals surface area contributed by atoms with Crippen LogP contribution in [0.5, 0.6) is 0 Å². The summed E-state index contributed by atoms with van der Waals surface area (Å²) in [6, 6.07) is 0. The molecule has 0 aromatic rings. The Morgan fingerprint density at radius 3 is 2.55 bits per heavy atom. The Bertz CT molecular complexity index is 331. The van der Waals surface area contributed by atoms with E-state index < -0.39 is 0 Å². The summed E-state index contributed by atoms with van der Waals surface area (Å²) < 4.78 is 11.1. The van der Waals surface area contributed by atoms with Crippen LogP contribution in [0.15, 0.2) is 0 Å². The summed E-state index contributed by atoms with van der Waals surface area (Å²) in [6.07, 6.45) is 7.41. The van der Waals surface area contributed by atoms with Gasteiger partial charge in [0.2, 0.25) is 0 Å². The highest BCUT2D eigenvalue weighted by Gasteiger charge is 2.52. The van der Waals surface area contributed by atoms with Crippen molar-refractivity contribution in [2.24, 2.45) is 29.1 Å². The van der Waals surface area contributed by atoms with E-state index in [0.29, 0.717) is 36.1 Å². The summed E-state index contributed by atoms with van der Waals surface area (Å²) in [5, 5.41) is 18.7. The zero-order valence-electron chi connectivity index (χ0n) is 14.5. The Morgan fingerprint density at radius 2 is 1.91 bits per heavy atom. The monoisotopic (exact) mass is 314 g/mol. The lowest BCUT2D eigenvalue weighted by atomic mass is 9.61. The highest BCUT2D eigenvalue weighted by molar-refractivity contribution is 5.02. The summed E-state index contributed by atoms with van der Waals surface area (Å²) in [6.45, 7) is 5.33. The molecule has 2 aliphatic carbocycles. The maximum atomic E-state index is 9.36. The van der Waals surface area contributed by atoms with Crippen LogP contribution in [0.4, 0.5) is 0 Å². The molecule has 2 fully saturated rings. The Balaban J connectivity index is 2.02. The van der Waals surface area contributed by atoms with Crippen molar-refractivity contribution in [1.82, 2.24) is 0 Å². The third kappa shape index (κ3) is 3.66. The molecule has 0 radical (unpaired) electrons. The molecular formula is C18H34O4. The number of aliphatic hydroxyl groups excluding tert-OH is 2. The molecular weight excluding hydrogens is 280 g/mol. The van der Waals surface area contributed by atoms with Gasteiger partial charge < -0.3 is 19.7 Å². The molecule has 0 spiro atoms. The van der Waals surface area contributed by atoms with Gasteiger partial charge in [-0.25, -0.2) is 0 Å². The fourth-order valence-corrected chi connectivity index (χ4v) is 5.35. The lowest BCUT2D eigenvalue weighted by molar-refractivity contribution is -0.129. The van der Waals surface area contributed by atoms with Crippen molar-refractivity contribution < 1.29 is 19.7 Å². The Labute approximate surface area is 135 Å². The molecule has 0 heterocycles. The van der Waals surface area contributed by atoms with Crippen LogP contribution in [0.1, 0.15) is 52.4 Å². The van der Waals surface area contributed by atoms with E-state index in [2.05, 4.69) is 13.8 Å². The van der Waals surface area contributed by atoms with Gasteiger partial charge in [0.1, 0.15) is 6.79 Å². The predicted octanol–water partition coefficient (Wildman–Crippen LogP) is 2.82. The molecule has 0 saturated heterocycles. The van der Waals surface area contributed by atoms with Gasteiger partial charge in [0.25, 0.3) is 0 Å². The van der Waals surface area contributed by atoms with Gasteiger partial charge in [-0.15, -0.1) is 0 Å². The molecule has 1 unspecified atom stereocenters. The second-order valence-electron chi connectivity index (χ2n) is 7.74. The third-order valence-electron chi connectivity index (χ3n) is 6.44. The van der Waals surface area contributed by atoms with Crippen molar-refractivity contribution in [1.29, 1.82) is 0 Å². The molecule has 2 N–H and O–H groups in total. The van der Waals surface area contributed by atoms with Gasteiger partial charge in [-0.2, -0.15) is 0 Å². The number of aliphatic hydroxyl groups is 2. The van der Waals surface area contributed by atoms with Crippen LogP contribution >= 0.6 is 0 Å². The van der Waals surface area contributed by atoms with E-state index in [1.165, 1.54) is 25.7 Å². The van der Waals surface area contributed by atoms with Gasteiger partial charge >= 0.3 is 0 Å². The van der Waals surface area contributed by atoms with E-state index in [4.69, 9.17) is 9.47 Å². The first kappa shape index (κ1) is 18.2. The molecule has 4 heteroatoms. The first-order valence-electron chi connectivity index (χ1n) is 8.89. The van der Waals surface area contributed by atoms with Gasteiger partial charge in [-0.05, 0) is 55.3 Å².